The number of hydrogen-bond acceptors (Lipinski definition) is 5. The van der Waals surface area contributed by atoms with E-state index in [0.717, 1.165) is 34.0 Å². The molecule has 0 spiro atoms. The van der Waals surface area contributed by atoms with Crippen molar-refractivity contribution in [3.63, 3.8) is 0 Å². The van der Waals surface area contributed by atoms with Gasteiger partial charge in [-0.2, -0.15) is 4.68 Å². The summed E-state index contributed by atoms with van der Waals surface area (Å²) in [5, 5.41) is 8.43. The first kappa shape index (κ1) is 16.0. The maximum absolute atomic E-state index is 5.19. The summed E-state index contributed by atoms with van der Waals surface area (Å²) in [5.74, 6) is 1.30. The molecule has 0 radical (unpaired) electrons. The number of methoxy groups -OCH3 is 1. The Morgan fingerprint density at radius 2 is 1.58 bits per heavy atom. The molecule has 0 aliphatic carbocycles. The summed E-state index contributed by atoms with van der Waals surface area (Å²) < 4.78 is 6.78. The number of aryl methyl sites for hydroxylation is 1. The van der Waals surface area contributed by atoms with E-state index >= 15 is 0 Å². The highest BCUT2D eigenvalue weighted by molar-refractivity contribution is 5.61. The summed E-state index contributed by atoms with van der Waals surface area (Å²) in [6, 6.07) is 19.6. The number of hydrogen-bond donors (Lipinski definition) is 0. The highest BCUT2D eigenvalue weighted by Gasteiger charge is 2.10. The van der Waals surface area contributed by atoms with Gasteiger partial charge in [0, 0.05) is 16.8 Å². The lowest BCUT2D eigenvalue weighted by Crippen LogP contribution is -2.04. The minimum atomic E-state index is 0.496. The van der Waals surface area contributed by atoms with Gasteiger partial charge < -0.3 is 4.74 Å². The fourth-order valence-corrected chi connectivity index (χ4v) is 2.67. The first-order valence-corrected chi connectivity index (χ1v) is 8.21. The van der Waals surface area contributed by atoms with Crippen molar-refractivity contribution in [2.45, 2.75) is 6.92 Å². The fraction of sp³-hybridized carbons (Fsp3) is 0.100. The van der Waals surface area contributed by atoms with Crippen LogP contribution in [0.1, 0.15) is 5.69 Å². The zero-order valence-corrected chi connectivity index (χ0v) is 14.5. The molecule has 0 saturated carbocycles. The van der Waals surface area contributed by atoms with Gasteiger partial charge in [0.15, 0.2) is 0 Å². The molecule has 2 aromatic heterocycles. The molecule has 128 valence electrons. The fourth-order valence-electron chi connectivity index (χ4n) is 2.67. The van der Waals surface area contributed by atoms with E-state index in [9.17, 15) is 0 Å². The number of rotatable bonds is 4. The van der Waals surface area contributed by atoms with Gasteiger partial charge in [-0.3, -0.25) is 0 Å². The first-order chi connectivity index (χ1) is 12.7. The summed E-state index contributed by atoms with van der Waals surface area (Å²) in [6.45, 7) is 1.94. The quantitative estimate of drug-likeness (QED) is 0.565. The van der Waals surface area contributed by atoms with Crippen LogP contribution in [0.4, 0.5) is 0 Å². The second-order valence-corrected chi connectivity index (χ2v) is 5.84. The molecule has 0 bridgehead atoms. The van der Waals surface area contributed by atoms with Gasteiger partial charge in [0.05, 0.1) is 19.0 Å². The van der Waals surface area contributed by atoms with Crippen molar-refractivity contribution in [2.24, 2.45) is 0 Å². The molecular formula is C20H17N5O. The maximum Gasteiger partial charge on any atom is 0.252 e. The predicted molar refractivity (Wildman–Crippen MR) is 99.1 cm³/mol. The summed E-state index contributed by atoms with van der Waals surface area (Å²) in [7, 11) is 1.64. The second-order valence-electron chi connectivity index (χ2n) is 5.84. The summed E-state index contributed by atoms with van der Waals surface area (Å²) in [5.41, 5.74) is 4.46. The first-order valence-electron chi connectivity index (χ1n) is 8.21. The molecule has 2 heterocycles. The third-order valence-electron chi connectivity index (χ3n) is 4.00. The lowest BCUT2D eigenvalue weighted by atomic mass is 10.1. The summed E-state index contributed by atoms with van der Waals surface area (Å²) >= 11 is 0. The number of ether oxygens (including phenoxy) is 1. The van der Waals surface area contributed by atoms with Crippen LogP contribution < -0.4 is 4.74 Å². The van der Waals surface area contributed by atoms with Crippen LogP contribution in [0.5, 0.6) is 5.75 Å². The van der Waals surface area contributed by atoms with E-state index in [0.29, 0.717) is 5.95 Å². The number of nitrogens with zero attached hydrogens (tertiary/aromatic N) is 5. The van der Waals surface area contributed by atoms with E-state index in [1.165, 1.54) is 0 Å². The van der Waals surface area contributed by atoms with Crippen molar-refractivity contribution >= 4 is 0 Å². The zero-order valence-electron chi connectivity index (χ0n) is 14.5. The average Bonchev–Trinajstić information content (AvgIpc) is 3.18. The molecule has 0 unspecified atom stereocenters. The number of benzene rings is 2. The maximum atomic E-state index is 5.19. The minimum Gasteiger partial charge on any atom is -0.497 e. The third-order valence-corrected chi connectivity index (χ3v) is 4.00. The van der Waals surface area contributed by atoms with Gasteiger partial charge in [0.1, 0.15) is 11.4 Å². The van der Waals surface area contributed by atoms with Gasteiger partial charge in [-0.15, -0.1) is 5.10 Å². The van der Waals surface area contributed by atoms with Crippen molar-refractivity contribution in [2.75, 3.05) is 7.11 Å². The van der Waals surface area contributed by atoms with E-state index in [4.69, 9.17) is 4.74 Å². The molecule has 0 aliphatic heterocycles. The normalized spacial score (nSPS) is 10.7. The lowest BCUT2D eigenvalue weighted by Gasteiger charge is -2.05. The van der Waals surface area contributed by atoms with Crippen molar-refractivity contribution in [1.82, 2.24) is 25.0 Å². The van der Waals surface area contributed by atoms with E-state index in [1.54, 1.807) is 11.8 Å². The Morgan fingerprint density at radius 1 is 0.846 bits per heavy atom. The molecule has 0 fully saturated rings. The number of aromatic nitrogens is 5. The zero-order chi connectivity index (χ0) is 17.9. The van der Waals surface area contributed by atoms with E-state index in [1.807, 2.05) is 73.8 Å². The van der Waals surface area contributed by atoms with Crippen LogP contribution in [0, 0.1) is 6.92 Å². The topological polar surface area (TPSA) is 65.7 Å². The standard InChI is InChI=1S/C20H17N5O/c1-14-12-18(15-6-4-3-5-7-15)22-20(21-14)25-13-19(23-24-25)16-8-10-17(26-2)11-9-16/h3-13H,1-2H3. The molecular weight excluding hydrogens is 326 g/mol. The molecule has 0 aliphatic rings. The molecule has 0 atom stereocenters. The third kappa shape index (κ3) is 3.17. The Hall–Kier alpha value is -3.54. The van der Waals surface area contributed by atoms with Crippen LogP contribution in [0.3, 0.4) is 0 Å². The van der Waals surface area contributed by atoms with Crippen LogP contribution >= 0.6 is 0 Å². The van der Waals surface area contributed by atoms with E-state index < -0.39 is 0 Å². The lowest BCUT2D eigenvalue weighted by molar-refractivity contribution is 0.415. The minimum absolute atomic E-state index is 0.496. The molecule has 0 saturated heterocycles. The van der Waals surface area contributed by atoms with Crippen molar-refractivity contribution in [1.29, 1.82) is 0 Å². The van der Waals surface area contributed by atoms with E-state index in [2.05, 4.69) is 20.3 Å². The van der Waals surface area contributed by atoms with Crippen molar-refractivity contribution in [3.8, 4) is 34.2 Å². The molecule has 0 N–H and O–H groups in total. The molecule has 26 heavy (non-hydrogen) atoms. The van der Waals surface area contributed by atoms with Crippen molar-refractivity contribution in [3.05, 3.63) is 72.6 Å². The van der Waals surface area contributed by atoms with Crippen LogP contribution in [-0.4, -0.2) is 32.1 Å². The van der Waals surface area contributed by atoms with Gasteiger partial charge in [-0.05, 0) is 37.3 Å². The molecule has 4 aromatic rings. The Balaban J connectivity index is 1.70. The van der Waals surface area contributed by atoms with Gasteiger partial charge in [0.25, 0.3) is 5.95 Å². The van der Waals surface area contributed by atoms with Gasteiger partial charge in [0.2, 0.25) is 0 Å². The molecule has 6 nitrogen and oxygen atoms in total. The molecule has 4 rings (SSSR count). The van der Waals surface area contributed by atoms with Gasteiger partial charge in [-0.1, -0.05) is 35.5 Å². The Labute approximate surface area is 151 Å². The molecule has 0 amide bonds. The van der Waals surface area contributed by atoms with Gasteiger partial charge >= 0.3 is 0 Å². The smallest absolute Gasteiger partial charge is 0.252 e. The second kappa shape index (κ2) is 6.76. The average molecular weight is 343 g/mol. The predicted octanol–water partition coefficient (Wildman–Crippen LogP) is 3.71. The van der Waals surface area contributed by atoms with Crippen molar-refractivity contribution < 1.29 is 4.74 Å². The Morgan fingerprint density at radius 3 is 2.31 bits per heavy atom. The SMILES string of the molecule is COc1ccc(-c2cn(-c3nc(C)cc(-c4ccccc4)n3)nn2)cc1. The van der Waals surface area contributed by atoms with Gasteiger partial charge in [-0.25, -0.2) is 9.97 Å². The largest absolute Gasteiger partial charge is 0.497 e. The Kier molecular flexibility index (Phi) is 4.15. The molecule has 6 heteroatoms. The Bertz CT molecular complexity index is 1030. The highest BCUT2D eigenvalue weighted by atomic mass is 16.5. The van der Waals surface area contributed by atoms with E-state index in [-0.39, 0.29) is 0 Å². The monoisotopic (exact) mass is 343 g/mol. The summed E-state index contributed by atoms with van der Waals surface area (Å²) in [4.78, 5) is 9.13. The van der Waals surface area contributed by atoms with Crippen LogP contribution in [0.15, 0.2) is 66.9 Å². The van der Waals surface area contributed by atoms with Crippen LogP contribution in [-0.2, 0) is 0 Å². The summed E-state index contributed by atoms with van der Waals surface area (Å²) in [6.07, 6.45) is 1.82. The van der Waals surface area contributed by atoms with Crippen LogP contribution in [0.2, 0.25) is 0 Å². The van der Waals surface area contributed by atoms with Crippen LogP contribution in [0.25, 0.3) is 28.5 Å². The highest BCUT2D eigenvalue weighted by Crippen LogP contribution is 2.22. The molecule has 2 aromatic carbocycles.